The highest BCUT2D eigenvalue weighted by molar-refractivity contribution is 6.13. The summed E-state index contributed by atoms with van der Waals surface area (Å²) in [7, 11) is 1.61. The molecule has 1 saturated heterocycles. The number of hydrazone groups is 1. The number of hydrogen-bond donors (Lipinski definition) is 2. The maximum Gasteiger partial charge on any atom is 0.408 e. The summed E-state index contributed by atoms with van der Waals surface area (Å²) in [6, 6.07) is 15.1. The van der Waals surface area contributed by atoms with E-state index in [4.69, 9.17) is 9.47 Å². The van der Waals surface area contributed by atoms with E-state index in [0.717, 1.165) is 11.3 Å². The normalized spacial score (nSPS) is 17.9. The number of amides is 4. The number of ether oxygens (including phenoxy) is 2. The molecule has 0 saturated carbocycles. The number of rotatable bonds is 9. The average molecular weight is 672 g/mol. The van der Waals surface area contributed by atoms with E-state index in [9.17, 15) is 24.0 Å². The van der Waals surface area contributed by atoms with Crippen LogP contribution in [-0.4, -0.2) is 89.3 Å². The Balaban J connectivity index is 1.61. The highest BCUT2D eigenvalue weighted by Crippen LogP contribution is 2.38. The van der Waals surface area contributed by atoms with Crippen molar-refractivity contribution in [3.63, 3.8) is 0 Å². The molecule has 12 heteroatoms. The Bertz CT molecular complexity index is 1690. The van der Waals surface area contributed by atoms with Crippen LogP contribution in [0, 0.1) is 17.3 Å². The first-order chi connectivity index (χ1) is 23.0. The Labute approximate surface area is 287 Å². The molecule has 0 aliphatic carbocycles. The van der Waals surface area contributed by atoms with Gasteiger partial charge < -0.3 is 25.0 Å². The quantitative estimate of drug-likeness (QED) is 0.306. The van der Waals surface area contributed by atoms with Gasteiger partial charge in [-0.3, -0.25) is 14.4 Å². The summed E-state index contributed by atoms with van der Waals surface area (Å²) in [5, 5.41) is 11.2. The lowest BCUT2D eigenvalue weighted by atomic mass is 9.73. The Morgan fingerprint density at radius 3 is 2.43 bits per heavy atom. The van der Waals surface area contributed by atoms with E-state index in [-0.39, 0.29) is 32.0 Å². The van der Waals surface area contributed by atoms with Crippen LogP contribution in [0.5, 0.6) is 0 Å². The minimum absolute atomic E-state index is 0.0731. The van der Waals surface area contributed by atoms with Gasteiger partial charge in [0.25, 0.3) is 5.91 Å². The molecule has 2 aromatic carbocycles. The van der Waals surface area contributed by atoms with E-state index in [1.165, 1.54) is 18.9 Å². The summed E-state index contributed by atoms with van der Waals surface area (Å²) >= 11 is 0. The van der Waals surface area contributed by atoms with Gasteiger partial charge >= 0.3 is 12.1 Å². The molecule has 2 aliphatic heterocycles. The SMILES string of the molecule is CCOC(=O)c1cccc(C#CC[C@@H](NC(=O)C(C)(C)NC(=O)OC(C)(C)C)C(=O)N2CCC3=NN(C)C(=O)[C@]3(Cc3ccccc3)C2)c1. The lowest BCUT2D eigenvalue weighted by Gasteiger charge is -2.40. The molecule has 2 atom stereocenters. The molecule has 2 aromatic rings. The largest absolute Gasteiger partial charge is 0.462 e. The summed E-state index contributed by atoms with van der Waals surface area (Å²) in [5.74, 6) is 4.24. The van der Waals surface area contributed by atoms with E-state index in [1.807, 2.05) is 30.3 Å². The maximum atomic E-state index is 14.3. The molecule has 2 heterocycles. The van der Waals surface area contributed by atoms with Crippen LogP contribution in [0.3, 0.4) is 0 Å². The predicted octanol–water partition coefficient (Wildman–Crippen LogP) is 3.68. The molecule has 2 N–H and O–H groups in total. The second kappa shape index (κ2) is 14.9. The molecule has 0 aromatic heterocycles. The number of alkyl carbamates (subject to hydrolysis) is 1. The molecule has 260 valence electrons. The zero-order valence-electron chi connectivity index (χ0n) is 29.2. The fraction of sp³-hybridized carbons (Fsp3) is 0.459. The second-order valence-corrected chi connectivity index (χ2v) is 13.7. The van der Waals surface area contributed by atoms with Gasteiger partial charge in [0.2, 0.25) is 11.8 Å². The molecule has 0 radical (unpaired) electrons. The molecule has 2 aliphatic rings. The van der Waals surface area contributed by atoms with Crippen LogP contribution in [0.2, 0.25) is 0 Å². The first-order valence-corrected chi connectivity index (χ1v) is 16.3. The monoisotopic (exact) mass is 671 g/mol. The standard InChI is InChI=1S/C37H45N5O7/c1-8-48-31(44)27-18-12-16-25(22-27)17-13-19-28(38-32(45)36(5,6)39-34(47)49-35(2,3)4)30(43)42-21-20-29-37(24-42,33(46)41(7)40-29)23-26-14-10-9-11-15-26/h9-12,14-16,18,22,28H,8,19-21,23-24H2,1-7H3,(H,38,45)(H,39,47)/t28-,37-/m1/s1. The van der Waals surface area contributed by atoms with Crippen molar-refractivity contribution < 1.29 is 33.4 Å². The van der Waals surface area contributed by atoms with Crippen LogP contribution < -0.4 is 10.6 Å². The van der Waals surface area contributed by atoms with Crippen LogP contribution in [0.1, 0.15) is 75.9 Å². The highest BCUT2D eigenvalue weighted by Gasteiger charge is 2.54. The van der Waals surface area contributed by atoms with Crippen LogP contribution in [0.25, 0.3) is 0 Å². The number of likely N-dealkylation sites (tertiary alicyclic amines) is 1. The van der Waals surface area contributed by atoms with E-state index in [1.54, 1.807) is 63.9 Å². The molecule has 4 rings (SSSR count). The zero-order chi connectivity index (χ0) is 36.0. The van der Waals surface area contributed by atoms with Crippen molar-refractivity contribution in [3.05, 3.63) is 71.3 Å². The zero-order valence-corrected chi connectivity index (χ0v) is 29.2. The third-order valence-electron chi connectivity index (χ3n) is 8.16. The van der Waals surface area contributed by atoms with Crippen molar-refractivity contribution in [2.24, 2.45) is 10.5 Å². The van der Waals surface area contributed by atoms with Gasteiger partial charge in [-0.15, -0.1) is 0 Å². The fourth-order valence-electron chi connectivity index (χ4n) is 5.78. The highest BCUT2D eigenvalue weighted by atomic mass is 16.6. The van der Waals surface area contributed by atoms with E-state index >= 15 is 0 Å². The Morgan fingerprint density at radius 1 is 1.04 bits per heavy atom. The van der Waals surface area contributed by atoms with Crippen molar-refractivity contribution >= 4 is 35.5 Å². The summed E-state index contributed by atoms with van der Waals surface area (Å²) in [6.45, 7) is 10.5. The van der Waals surface area contributed by atoms with Gasteiger partial charge in [0, 0.05) is 38.5 Å². The second-order valence-electron chi connectivity index (χ2n) is 13.7. The van der Waals surface area contributed by atoms with E-state index in [2.05, 4.69) is 27.6 Å². The van der Waals surface area contributed by atoms with Crippen LogP contribution in [-0.2, 0) is 30.3 Å². The number of esters is 1. The van der Waals surface area contributed by atoms with Gasteiger partial charge in [0.15, 0.2) is 0 Å². The molecule has 1 fully saturated rings. The third-order valence-corrected chi connectivity index (χ3v) is 8.16. The number of fused-ring (bicyclic) bond motifs is 1. The molecule has 0 bridgehead atoms. The lowest BCUT2D eigenvalue weighted by molar-refractivity contribution is -0.142. The Morgan fingerprint density at radius 2 is 1.76 bits per heavy atom. The molecular weight excluding hydrogens is 626 g/mol. The molecule has 49 heavy (non-hydrogen) atoms. The average Bonchev–Trinajstić information content (AvgIpc) is 3.27. The summed E-state index contributed by atoms with van der Waals surface area (Å²) in [5.41, 5.74) is -0.771. The van der Waals surface area contributed by atoms with Gasteiger partial charge in [0.1, 0.15) is 22.6 Å². The molecular formula is C37H45N5O7. The van der Waals surface area contributed by atoms with Crippen LogP contribution >= 0.6 is 0 Å². The number of nitrogens with one attached hydrogen (secondary N) is 2. The Hall–Kier alpha value is -5.18. The van der Waals surface area contributed by atoms with Crippen molar-refractivity contribution in [1.29, 1.82) is 0 Å². The van der Waals surface area contributed by atoms with Gasteiger partial charge in [-0.25, -0.2) is 14.6 Å². The van der Waals surface area contributed by atoms with Gasteiger partial charge in [0.05, 0.1) is 17.9 Å². The van der Waals surface area contributed by atoms with E-state index in [0.29, 0.717) is 24.0 Å². The molecule has 0 spiro atoms. The molecule has 4 amide bonds. The molecule has 12 nitrogen and oxygen atoms in total. The first-order valence-electron chi connectivity index (χ1n) is 16.3. The van der Waals surface area contributed by atoms with Gasteiger partial charge in [-0.2, -0.15) is 5.10 Å². The van der Waals surface area contributed by atoms with Gasteiger partial charge in [-0.05, 0) is 71.7 Å². The lowest BCUT2D eigenvalue weighted by Crippen LogP contribution is -2.62. The smallest absolute Gasteiger partial charge is 0.408 e. The number of nitrogens with zero attached hydrogens (tertiary/aromatic N) is 3. The van der Waals surface area contributed by atoms with Crippen LogP contribution in [0.15, 0.2) is 59.7 Å². The Kier molecular flexibility index (Phi) is 11.2. The summed E-state index contributed by atoms with van der Waals surface area (Å²) < 4.78 is 10.4. The molecule has 0 unspecified atom stereocenters. The number of hydrogen-bond acceptors (Lipinski definition) is 8. The van der Waals surface area contributed by atoms with E-state index < -0.39 is 46.5 Å². The van der Waals surface area contributed by atoms with Crippen molar-refractivity contribution in [1.82, 2.24) is 20.5 Å². The minimum Gasteiger partial charge on any atom is -0.462 e. The van der Waals surface area contributed by atoms with Gasteiger partial charge in [-0.1, -0.05) is 48.2 Å². The topological polar surface area (TPSA) is 147 Å². The summed E-state index contributed by atoms with van der Waals surface area (Å²) in [6.07, 6.45) is -0.132. The predicted molar refractivity (Wildman–Crippen MR) is 183 cm³/mol. The fourth-order valence-corrected chi connectivity index (χ4v) is 5.78. The number of piperidine rings is 1. The summed E-state index contributed by atoms with van der Waals surface area (Å²) in [4.78, 5) is 68.0. The first kappa shape index (κ1) is 36.7. The maximum absolute atomic E-state index is 14.3. The van der Waals surface area contributed by atoms with Crippen molar-refractivity contribution in [3.8, 4) is 11.8 Å². The third kappa shape index (κ3) is 9.04. The number of carbonyl (C=O) groups excluding carboxylic acids is 5. The van der Waals surface area contributed by atoms with Crippen molar-refractivity contribution in [2.45, 2.75) is 78.0 Å². The number of benzene rings is 2. The van der Waals surface area contributed by atoms with Crippen molar-refractivity contribution in [2.75, 3.05) is 26.7 Å². The minimum atomic E-state index is -1.46. The van der Waals surface area contributed by atoms with Crippen LogP contribution in [0.4, 0.5) is 4.79 Å². The number of carbonyl (C=O) groups is 5.